The van der Waals surface area contributed by atoms with Gasteiger partial charge in [-0.05, 0) is 35.7 Å². The first-order valence-electron chi connectivity index (χ1n) is 12.4. The van der Waals surface area contributed by atoms with Crippen molar-refractivity contribution in [1.82, 2.24) is 9.97 Å². The molecule has 200 valence electrons. The van der Waals surface area contributed by atoms with Crippen LogP contribution in [0.5, 0.6) is 5.75 Å². The summed E-state index contributed by atoms with van der Waals surface area (Å²) < 4.78 is 20.2. The van der Waals surface area contributed by atoms with Crippen LogP contribution in [-0.2, 0) is 16.0 Å². The molecule has 2 aromatic carbocycles. The van der Waals surface area contributed by atoms with E-state index in [1.807, 2.05) is 48.3 Å². The Morgan fingerprint density at radius 2 is 1.97 bits per heavy atom. The van der Waals surface area contributed by atoms with Gasteiger partial charge < -0.3 is 14.7 Å². The van der Waals surface area contributed by atoms with Crippen LogP contribution >= 0.6 is 11.3 Å². The Morgan fingerprint density at radius 3 is 2.74 bits per heavy atom. The van der Waals surface area contributed by atoms with Crippen molar-refractivity contribution in [3.05, 3.63) is 77.6 Å². The van der Waals surface area contributed by atoms with Crippen molar-refractivity contribution in [1.29, 1.82) is 0 Å². The molecule has 0 spiro atoms. The third-order valence-electron chi connectivity index (χ3n) is 6.65. The lowest BCUT2D eigenvalue weighted by molar-refractivity contribution is -0.140. The smallest absolute Gasteiger partial charge is 0.304 e. The van der Waals surface area contributed by atoms with Crippen molar-refractivity contribution in [3.63, 3.8) is 0 Å². The number of ether oxygens (including phenoxy) is 1. The van der Waals surface area contributed by atoms with Crippen LogP contribution in [0.3, 0.4) is 0 Å². The van der Waals surface area contributed by atoms with Crippen LogP contribution in [0.2, 0.25) is 0 Å². The van der Waals surface area contributed by atoms with E-state index in [4.69, 9.17) is 4.74 Å². The highest BCUT2D eigenvalue weighted by Crippen LogP contribution is 2.38. The molecule has 0 fully saturated rings. The summed E-state index contributed by atoms with van der Waals surface area (Å²) >= 11 is 1.23. The molecule has 1 amide bonds. The van der Waals surface area contributed by atoms with E-state index in [-0.39, 0.29) is 12.3 Å². The van der Waals surface area contributed by atoms with E-state index in [0.717, 1.165) is 29.1 Å². The predicted molar refractivity (Wildman–Crippen MR) is 149 cm³/mol. The molecular formula is C29H27FN4O4S. The molecule has 1 aliphatic heterocycles. The van der Waals surface area contributed by atoms with Gasteiger partial charge in [-0.3, -0.25) is 14.5 Å². The number of pyridine rings is 1. The van der Waals surface area contributed by atoms with Gasteiger partial charge in [-0.2, -0.15) is 0 Å². The number of carbonyl (C=O) groups is 2. The number of fused-ring (bicyclic) bond motifs is 1. The fourth-order valence-corrected chi connectivity index (χ4v) is 5.42. The van der Waals surface area contributed by atoms with Crippen molar-refractivity contribution < 1.29 is 23.8 Å². The van der Waals surface area contributed by atoms with Crippen molar-refractivity contribution in [2.75, 3.05) is 37.0 Å². The van der Waals surface area contributed by atoms with E-state index in [0.29, 0.717) is 35.2 Å². The fourth-order valence-electron chi connectivity index (χ4n) is 4.62. The standard InChI is InChI=1S/C29H27FN4O4S/c1-33-10-11-38-25-13-20(16-31-27(25)33)22-9-8-21(30)15-23(22)24-17-39-29(32-24)34(2)28(37)19(14-26(35)36)12-18-6-4-3-5-7-18/h3-9,13,15-17,19H,10-12,14H2,1-2H3,(H,35,36)/t19-/m1/s1. The minimum atomic E-state index is -1.05. The van der Waals surface area contributed by atoms with Crippen molar-refractivity contribution >= 4 is 34.2 Å². The highest BCUT2D eigenvalue weighted by atomic mass is 32.1. The molecule has 1 N–H and O–H groups in total. The number of thiazole rings is 1. The van der Waals surface area contributed by atoms with E-state index in [2.05, 4.69) is 9.97 Å². The van der Waals surface area contributed by atoms with Gasteiger partial charge in [0.1, 0.15) is 12.4 Å². The summed E-state index contributed by atoms with van der Waals surface area (Å²) in [6.45, 7) is 1.29. The molecule has 0 saturated carbocycles. The number of likely N-dealkylation sites (N-methyl/N-ethyl adjacent to an activating group) is 1. The molecule has 3 heterocycles. The molecule has 1 atom stereocenters. The van der Waals surface area contributed by atoms with Gasteiger partial charge in [-0.1, -0.05) is 36.4 Å². The highest BCUT2D eigenvalue weighted by Gasteiger charge is 2.28. The third-order valence-corrected chi connectivity index (χ3v) is 7.57. The lowest BCUT2D eigenvalue weighted by Gasteiger charge is -2.26. The Kier molecular flexibility index (Phi) is 7.56. The van der Waals surface area contributed by atoms with Crippen LogP contribution in [-0.4, -0.2) is 54.2 Å². The Hall–Kier alpha value is -4.31. The number of benzene rings is 2. The van der Waals surface area contributed by atoms with E-state index >= 15 is 0 Å². The Labute approximate surface area is 229 Å². The quantitative estimate of drug-likeness (QED) is 0.327. The zero-order valence-electron chi connectivity index (χ0n) is 21.5. The monoisotopic (exact) mass is 546 g/mol. The maximum atomic E-state index is 14.4. The lowest BCUT2D eigenvalue weighted by atomic mass is 9.95. The van der Waals surface area contributed by atoms with Gasteiger partial charge in [0, 0.05) is 36.8 Å². The van der Waals surface area contributed by atoms with Gasteiger partial charge >= 0.3 is 5.97 Å². The topological polar surface area (TPSA) is 95.9 Å². The normalized spacial score (nSPS) is 13.4. The van der Waals surface area contributed by atoms with E-state index in [1.165, 1.54) is 28.4 Å². The summed E-state index contributed by atoms with van der Waals surface area (Å²) in [6, 6.07) is 15.7. The summed E-state index contributed by atoms with van der Waals surface area (Å²) in [5.41, 5.74) is 3.40. The first-order chi connectivity index (χ1) is 18.8. The third kappa shape index (κ3) is 5.75. The lowest BCUT2D eigenvalue weighted by Crippen LogP contribution is -2.35. The predicted octanol–water partition coefficient (Wildman–Crippen LogP) is 5.14. The molecule has 0 aliphatic carbocycles. The van der Waals surface area contributed by atoms with Crippen LogP contribution in [0.15, 0.2) is 66.2 Å². The first kappa shape index (κ1) is 26.3. The molecule has 0 saturated heterocycles. The number of carbonyl (C=O) groups excluding carboxylic acids is 1. The molecular weight excluding hydrogens is 519 g/mol. The van der Waals surface area contributed by atoms with Crippen molar-refractivity contribution in [2.45, 2.75) is 12.8 Å². The van der Waals surface area contributed by atoms with Crippen LogP contribution in [0, 0.1) is 11.7 Å². The van der Waals surface area contributed by atoms with Gasteiger partial charge in [0.15, 0.2) is 16.7 Å². The number of carboxylic acid groups (broad SMARTS) is 1. The summed E-state index contributed by atoms with van der Waals surface area (Å²) in [5, 5.41) is 11.6. The molecule has 0 unspecified atom stereocenters. The maximum Gasteiger partial charge on any atom is 0.304 e. The molecule has 0 radical (unpaired) electrons. The summed E-state index contributed by atoms with van der Waals surface area (Å²) in [7, 11) is 3.53. The Balaban J connectivity index is 1.44. The molecule has 10 heteroatoms. The number of amides is 1. The number of anilines is 2. The number of rotatable bonds is 8. The van der Waals surface area contributed by atoms with Gasteiger partial charge in [-0.15, -0.1) is 11.3 Å². The number of nitrogens with zero attached hydrogens (tertiary/aromatic N) is 4. The van der Waals surface area contributed by atoms with Gasteiger partial charge in [-0.25, -0.2) is 14.4 Å². The van der Waals surface area contributed by atoms with E-state index in [1.54, 1.807) is 24.7 Å². The largest absolute Gasteiger partial charge is 0.488 e. The van der Waals surface area contributed by atoms with Crippen LogP contribution < -0.4 is 14.5 Å². The summed E-state index contributed by atoms with van der Waals surface area (Å²) in [4.78, 5) is 37.5. The zero-order chi connectivity index (χ0) is 27.5. The number of hydrogen-bond acceptors (Lipinski definition) is 7. The average molecular weight is 547 g/mol. The first-order valence-corrected chi connectivity index (χ1v) is 13.3. The summed E-state index contributed by atoms with van der Waals surface area (Å²) in [6.07, 6.45) is 1.72. The van der Waals surface area contributed by atoms with Gasteiger partial charge in [0.05, 0.1) is 24.6 Å². The Morgan fingerprint density at radius 1 is 1.18 bits per heavy atom. The number of carboxylic acids is 1. The molecule has 0 bridgehead atoms. The van der Waals surface area contributed by atoms with E-state index < -0.39 is 17.7 Å². The van der Waals surface area contributed by atoms with Crippen LogP contribution in [0.1, 0.15) is 12.0 Å². The number of aliphatic carboxylic acids is 1. The molecule has 2 aromatic heterocycles. The van der Waals surface area contributed by atoms with Crippen molar-refractivity contribution in [3.8, 4) is 28.1 Å². The van der Waals surface area contributed by atoms with Crippen LogP contribution in [0.4, 0.5) is 15.3 Å². The molecule has 8 nitrogen and oxygen atoms in total. The second-order valence-corrected chi connectivity index (χ2v) is 10.2. The van der Waals surface area contributed by atoms with Gasteiger partial charge in [0.25, 0.3) is 0 Å². The minimum Gasteiger partial charge on any atom is -0.488 e. The molecule has 39 heavy (non-hydrogen) atoms. The Bertz CT molecular complexity index is 1510. The second-order valence-electron chi connectivity index (χ2n) is 9.40. The second kappa shape index (κ2) is 11.2. The molecule has 4 aromatic rings. The minimum absolute atomic E-state index is 0.297. The van der Waals surface area contributed by atoms with Crippen LogP contribution in [0.25, 0.3) is 22.4 Å². The zero-order valence-corrected chi connectivity index (χ0v) is 22.3. The molecule has 5 rings (SSSR count). The number of aromatic nitrogens is 2. The van der Waals surface area contributed by atoms with Gasteiger partial charge in [0.2, 0.25) is 5.91 Å². The van der Waals surface area contributed by atoms with E-state index in [9.17, 15) is 19.1 Å². The molecule has 1 aliphatic rings. The maximum absolute atomic E-state index is 14.4. The fraction of sp³-hybridized carbons (Fsp3) is 0.241. The summed E-state index contributed by atoms with van der Waals surface area (Å²) in [5.74, 6) is -1.16. The SMILES string of the molecule is CN1CCOc2cc(-c3ccc(F)cc3-c3csc(N(C)C(=O)[C@@H](CC(=O)O)Cc4ccccc4)n3)cnc21. The van der Waals surface area contributed by atoms with Crippen molar-refractivity contribution in [2.24, 2.45) is 5.92 Å². The highest BCUT2D eigenvalue weighted by molar-refractivity contribution is 7.14. The number of halogens is 1. The number of hydrogen-bond donors (Lipinski definition) is 1. The average Bonchev–Trinajstić information content (AvgIpc) is 3.42.